The molecular weight excluding hydrogens is 402 g/mol. The normalized spacial score (nSPS) is 15.4. The van der Waals surface area contributed by atoms with Crippen LogP contribution < -0.4 is 14.2 Å². The lowest BCUT2D eigenvalue weighted by atomic mass is 9.81. The molecule has 0 amide bonds. The van der Waals surface area contributed by atoms with Gasteiger partial charge in [-0.2, -0.15) is 0 Å². The molecule has 0 saturated carbocycles. The van der Waals surface area contributed by atoms with Gasteiger partial charge in [-0.1, -0.05) is 0 Å². The molecule has 0 bridgehead atoms. The molecule has 1 aromatic carbocycles. The highest BCUT2D eigenvalue weighted by Crippen LogP contribution is 2.43. The first-order valence-corrected chi connectivity index (χ1v) is 10.2. The first-order chi connectivity index (χ1) is 14.9. The van der Waals surface area contributed by atoms with Crippen LogP contribution in [-0.2, 0) is 15.9 Å². The third-order valence-corrected chi connectivity index (χ3v) is 5.52. The number of H-pyrrole nitrogens is 1. The molecule has 1 aliphatic rings. The summed E-state index contributed by atoms with van der Waals surface area (Å²) in [6.45, 7) is 4.71. The standard InChI is InChI=1S/C23H29NO7/c1-6-30-7-8-31-23(26)21-13(2)20-16(24-21)9-14(10-17(20)25)15-11-18(27-3)22(29-5)19(12-15)28-4/h11-12,14,24H,6-10H2,1-5H3/t14-/m1/s1. The number of aromatic nitrogens is 1. The Hall–Kier alpha value is -3.00. The minimum atomic E-state index is -0.483. The van der Waals surface area contributed by atoms with Crippen molar-refractivity contribution in [3.8, 4) is 17.2 Å². The van der Waals surface area contributed by atoms with Gasteiger partial charge in [0.1, 0.15) is 12.3 Å². The van der Waals surface area contributed by atoms with Crippen LogP contribution >= 0.6 is 0 Å². The molecular formula is C23H29NO7. The number of methoxy groups -OCH3 is 3. The number of nitrogens with one attached hydrogen (secondary N) is 1. The molecule has 168 valence electrons. The van der Waals surface area contributed by atoms with E-state index in [9.17, 15) is 9.59 Å². The van der Waals surface area contributed by atoms with Crippen LogP contribution in [0.3, 0.4) is 0 Å². The summed E-state index contributed by atoms with van der Waals surface area (Å²) in [5.41, 5.74) is 3.18. The second-order valence-electron chi connectivity index (χ2n) is 7.30. The Morgan fingerprint density at radius 2 is 1.74 bits per heavy atom. The smallest absolute Gasteiger partial charge is 0.355 e. The first kappa shape index (κ1) is 22.7. The maximum absolute atomic E-state index is 13.0. The van der Waals surface area contributed by atoms with Gasteiger partial charge in [-0.25, -0.2) is 4.79 Å². The van der Waals surface area contributed by atoms with Crippen molar-refractivity contribution in [1.82, 2.24) is 4.98 Å². The number of aromatic amines is 1. The van der Waals surface area contributed by atoms with Crippen molar-refractivity contribution in [1.29, 1.82) is 0 Å². The number of Topliss-reactive ketones (excluding diaryl/α,β-unsaturated/α-hetero) is 1. The average molecular weight is 431 g/mol. The Morgan fingerprint density at radius 3 is 2.32 bits per heavy atom. The van der Waals surface area contributed by atoms with Crippen LogP contribution in [0, 0.1) is 6.92 Å². The molecule has 2 aromatic rings. The van der Waals surface area contributed by atoms with Crippen LogP contribution in [0.1, 0.15) is 56.9 Å². The summed E-state index contributed by atoms with van der Waals surface area (Å²) in [6.07, 6.45) is 0.899. The second kappa shape index (κ2) is 9.87. The van der Waals surface area contributed by atoms with E-state index in [4.69, 9.17) is 23.7 Å². The number of ketones is 1. The number of benzene rings is 1. The predicted octanol–water partition coefficient (Wildman–Crippen LogP) is 3.45. The van der Waals surface area contributed by atoms with Gasteiger partial charge < -0.3 is 28.7 Å². The quantitative estimate of drug-likeness (QED) is 0.480. The highest BCUT2D eigenvalue weighted by molar-refractivity contribution is 6.03. The van der Waals surface area contributed by atoms with E-state index in [1.54, 1.807) is 28.3 Å². The third kappa shape index (κ3) is 4.54. The number of carbonyl (C=O) groups is 2. The Kier molecular flexibility index (Phi) is 7.22. The summed E-state index contributed by atoms with van der Waals surface area (Å²) in [4.78, 5) is 28.6. The third-order valence-electron chi connectivity index (χ3n) is 5.52. The highest BCUT2D eigenvalue weighted by Gasteiger charge is 2.33. The number of esters is 1. The molecule has 8 heteroatoms. The van der Waals surface area contributed by atoms with Crippen LogP contribution in [0.5, 0.6) is 17.2 Å². The molecule has 3 rings (SSSR count). The van der Waals surface area contributed by atoms with Gasteiger partial charge in [0.15, 0.2) is 17.3 Å². The molecule has 1 heterocycles. The number of hydrogen-bond donors (Lipinski definition) is 1. The second-order valence-corrected chi connectivity index (χ2v) is 7.30. The van der Waals surface area contributed by atoms with Crippen molar-refractivity contribution < 1.29 is 33.3 Å². The van der Waals surface area contributed by atoms with Gasteiger partial charge in [-0.05, 0) is 49.4 Å². The van der Waals surface area contributed by atoms with E-state index in [0.717, 1.165) is 11.3 Å². The van der Waals surface area contributed by atoms with Crippen molar-refractivity contribution in [2.24, 2.45) is 0 Å². The Bertz CT molecular complexity index is 938. The van der Waals surface area contributed by atoms with Crippen molar-refractivity contribution in [3.63, 3.8) is 0 Å². The van der Waals surface area contributed by atoms with E-state index in [-0.39, 0.29) is 18.3 Å². The first-order valence-electron chi connectivity index (χ1n) is 10.2. The van der Waals surface area contributed by atoms with E-state index in [1.807, 2.05) is 19.1 Å². The molecule has 8 nitrogen and oxygen atoms in total. The molecule has 0 spiro atoms. The van der Waals surface area contributed by atoms with Gasteiger partial charge in [0.2, 0.25) is 5.75 Å². The van der Waals surface area contributed by atoms with Gasteiger partial charge >= 0.3 is 5.97 Å². The molecule has 0 fully saturated rings. The Labute approximate surface area is 181 Å². The fourth-order valence-corrected chi connectivity index (χ4v) is 4.02. The predicted molar refractivity (Wildman–Crippen MR) is 114 cm³/mol. The van der Waals surface area contributed by atoms with Crippen molar-refractivity contribution in [2.75, 3.05) is 41.2 Å². The zero-order valence-electron chi connectivity index (χ0n) is 18.6. The maximum atomic E-state index is 13.0. The van der Waals surface area contributed by atoms with E-state index >= 15 is 0 Å². The van der Waals surface area contributed by atoms with Crippen molar-refractivity contribution in [3.05, 3.63) is 40.2 Å². The zero-order valence-corrected chi connectivity index (χ0v) is 18.6. The molecule has 1 aromatic heterocycles. The summed E-state index contributed by atoms with van der Waals surface area (Å²) < 4.78 is 26.7. The number of rotatable bonds is 9. The van der Waals surface area contributed by atoms with Gasteiger partial charge in [0.05, 0.1) is 27.9 Å². The lowest BCUT2D eigenvalue weighted by Crippen LogP contribution is -2.19. The van der Waals surface area contributed by atoms with E-state index in [0.29, 0.717) is 60.1 Å². The molecule has 0 aliphatic heterocycles. The highest BCUT2D eigenvalue weighted by atomic mass is 16.6. The van der Waals surface area contributed by atoms with Gasteiger partial charge in [-0.3, -0.25) is 4.79 Å². The summed E-state index contributed by atoms with van der Waals surface area (Å²) in [5.74, 6) is 0.997. The van der Waals surface area contributed by atoms with Crippen molar-refractivity contribution >= 4 is 11.8 Å². The van der Waals surface area contributed by atoms with E-state index in [1.165, 1.54) is 0 Å². The van der Waals surface area contributed by atoms with Crippen LogP contribution in [-0.4, -0.2) is 57.9 Å². The monoisotopic (exact) mass is 431 g/mol. The summed E-state index contributed by atoms with van der Waals surface area (Å²) >= 11 is 0. The van der Waals surface area contributed by atoms with Gasteiger partial charge in [0, 0.05) is 24.3 Å². The average Bonchev–Trinajstić information content (AvgIpc) is 3.12. The Morgan fingerprint density at radius 1 is 1.06 bits per heavy atom. The summed E-state index contributed by atoms with van der Waals surface area (Å²) in [7, 11) is 4.67. The molecule has 0 saturated heterocycles. The Balaban J connectivity index is 1.87. The number of fused-ring (bicyclic) bond motifs is 1. The minimum absolute atomic E-state index is 0.0119. The van der Waals surface area contributed by atoms with E-state index in [2.05, 4.69) is 4.98 Å². The maximum Gasteiger partial charge on any atom is 0.355 e. The largest absolute Gasteiger partial charge is 0.493 e. The van der Waals surface area contributed by atoms with Crippen LogP contribution in [0.4, 0.5) is 0 Å². The molecule has 0 unspecified atom stereocenters. The SMILES string of the molecule is CCOCCOC(=O)c1[nH]c2c(c1C)C(=O)C[C@H](c1cc(OC)c(OC)c(OC)c1)C2. The molecule has 31 heavy (non-hydrogen) atoms. The zero-order chi connectivity index (χ0) is 22.5. The lowest BCUT2D eigenvalue weighted by Gasteiger charge is -2.24. The number of ether oxygens (including phenoxy) is 5. The fraction of sp³-hybridized carbons (Fsp3) is 0.478. The molecule has 0 radical (unpaired) electrons. The summed E-state index contributed by atoms with van der Waals surface area (Å²) in [5, 5.41) is 0. The minimum Gasteiger partial charge on any atom is -0.493 e. The summed E-state index contributed by atoms with van der Waals surface area (Å²) in [6, 6.07) is 3.73. The number of carbonyl (C=O) groups excluding carboxylic acids is 2. The molecule has 1 N–H and O–H groups in total. The topological polar surface area (TPSA) is 96.1 Å². The van der Waals surface area contributed by atoms with Gasteiger partial charge in [0.25, 0.3) is 0 Å². The molecule has 1 atom stereocenters. The lowest BCUT2D eigenvalue weighted by molar-refractivity contribution is 0.0329. The van der Waals surface area contributed by atoms with E-state index < -0.39 is 5.97 Å². The van der Waals surface area contributed by atoms with Crippen LogP contribution in [0.2, 0.25) is 0 Å². The van der Waals surface area contributed by atoms with Crippen LogP contribution in [0.15, 0.2) is 12.1 Å². The van der Waals surface area contributed by atoms with Gasteiger partial charge in [-0.15, -0.1) is 0 Å². The van der Waals surface area contributed by atoms with Crippen molar-refractivity contribution in [2.45, 2.75) is 32.6 Å². The molecule has 1 aliphatic carbocycles. The number of hydrogen-bond acceptors (Lipinski definition) is 7. The van der Waals surface area contributed by atoms with Crippen LogP contribution in [0.25, 0.3) is 0 Å². The fourth-order valence-electron chi connectivity index (χ4n) is 4.02.